The van der Waals surface area contributed by atoms with E-state index in [4.69, 9.17) is 56.8 Å². The van der Waals surface area contributed by atoms with E-state index in [0.29, 0.717) is 0 Å². The van der Waals surface area contributed by atoms with Crippen molar-refractivity contribution in [3.63, 3.8) is 0 Å². The number of ether oxygens (including phenoxy) is 12. The normalized spacial score (nSPS) is 39.2. The van der Waals surface area contributed by atoms with Gasteiger partial charge in [-0.05, 0) is 67.5 Å². The first-order chi connectivity index (χ1) is 22.3. The van der Waals surface area contributed by atoms with Gasteiger partial charge in [0.25, 0.3) is 5.69 Å². The molecule has 1 aromatic carbocycles. The molecule has 0 saturated carbocycles. The van der Waals surface area contributed by atoms with Crippen LogP contribution in [0, 0.1) is 10.1 Å². The van der Waals surface area contributed by atoms with Gasteiger partial charge in [0.1, 0.15) is 61.2 Å². The van der Waals surface area contributed by atoms with Gasteiger partial charge in [0.15, 0.2) is 35.7 Å². The zero-order valence-electron chi connectivity index (χ0n) is 28.0. The van der Waals surface area contributed by atoms with E-state index in [1.165, 1.54) is 24.3 Å². The Bertz CT molecular complexity index is 1350. The first kappa shape index (κ1) is 35.3. The highest BCUT2D eigenvalue weighted by molar-refractivity contribution is 5.64. The van der Waals surface area contributed by atoms with Crippen LogP contribution in [0.25, 0.3) is 0 Å². The van der Waals surface area contributed by atoms with Crippen molar-refractivity contribution in [2.45, 2.75) is 140 Å². The molecule has 0 radical (unpaired) electrons. The first-order valence-electron chi connectivity index (χ1n) is 15.8. The second kappa shape index (κ2) is 12.6. The van der Waals surface area contributed by atoms with E-state index < -0.39 is 77.3 Å². The smallest absolute Gasteiger partial charge is 0.431 e. The van der Waals surface area contributed by atoms with Gasteiger partial charge < -0.3 is 61.9 Å². The predicted octanol–water partition coefficient (Wildman–Crippen LogP) is 2.88. The van der Waals surface area contributed by atoms with Crippen molar-refractivity contribution in [2.24, 2.45) is 0 Å². The summed E-state index contributed by atoms with van der Waals surface area (Å²) in [6, 6.07) is 5.06. The molecule has 268 valence electrons. The molecule has 0 unspecified atom stereocenters. The lowest BCUT2D eigenvalue weighted by atomic mass is 9.99. The van der Waals surface area contributed by atoms with E-state index in [2.05, 4.69) is 0 Å². The standard InChI is InChI=1S/C19H23NO10.C12H20O6/c1-18(2)27-13-12(26-16-15(14(13)28-18)29-19(3,4)30-16)9-24-17(21)25-11-7-5-10(6-8-11)20(22)23;1-11(2)15-7-6(5-13)14-10-9(8(7)16-11)17-12(3,4)18-10/h5-8,12-16H,9H2,1-4H3;6-10,13H,5H2,1-4H3/t12-,13+,14+,15-,16-;6-,7+,8+,9-,10-/m11/s1. The second-order valence-electron chi connectivity index (χ2n) is 14.0. The van der Waals surface area contributed by atoms with Crippen LogP contribution in [0.2, 0.25) is 0 Å². The molecule has 17 nitrogen and oxygen atoms in total. The Morgan fingerprint density at radius 2 is 1.10 bits per heavy atom. The number of benzene rings is 1. The van der Waals surface area contributed by atoms with Crippen molar-refractivity contribution in [2.75, 3.05) is 13.2 Å². The number of hydrogen-bond acceptors (Lipinski definition) is 16. The molecule has 0 spiro atoms. The van der Waals surface area contributed by atoms with E-state index >= 15 is 0 Å². The number of aliphatic hydroxyl groups excluding tert-OH is 1. The molecule has 0 aromatic heterocycles. The van der Waals surface area contributed by atoms with E-state index in [9.17, 15) is 20.0 Å². The van der Waals surface area contributed by atoms with Crippen LogP contribution in [-0.2, 0) is 52.1 Å². The number of carbonyl (C=O) groups is 1. The molecule has 10 atom stereocenters. The highest BCUT2D eigenvalue weighted by atomic mass is 16.9. The number of nitro benzene ring substituents is 1. The zero-order chi connectivity index (χ0) is 34.8. The Labute approximate surface area is 276 Å². The largest absolute Gasteiger partial charge is 0.513 e. The first-order valence-corrected chi connectivity index (χ1v) is 15.8. The van der Waals surface area contributed by atoms with Gasteiger partial charge in [0, 0.05) is 12.1 Å². The molecule has 48 heavy (non-hydrogen) atoms. The molecule has 0 aliphatic carbocycles. The Morgan fingerprint density at radius 1 is 0.688 bits per heavy atom. The minimum atomic E-state index is -0.978. The number of fused-ring (bicyclic) bond motifs is 6. The van der Waals surface area contributed by atoms with Crippen LogP contribution < -0.4 is 4.74 Å². The summed E-state index contributed by atoms with van der Waals surface area (Å²) in [6.07, 6.45) is -5.71. The zero-order valence-corrected chi connectivity index (χ0v) is 28.0. The quantitative estimate of drug-likeness (QED) is 0.206. The molecule has 6 aliphatic rings. The summed E-state index contributed by atoms with van der Waals surface area (Å²) in [5.74, 6) is -3.00. The lowest BCUT2D eigenvalue weighted by Gasteiger charge is -2.36. The van der Waals surface area contributed by atoms with Crippen LogP contribution in [0.1, 0.15) is 55.4 Å². The molecule has 0 bridgehead atoms. The van der Waals surface area contributed by atoms with Crippen LogP contribution in [0.3, 0.4) is 0 Å². The Balaban J connectivity index is 0.000000189. The van der Waals surface area contributed by atoms with Gasteiger partial charge in [-0.2, -0.15) is 0 Å². The van der Waals surface area contributed by atoms with Crippen LogP contribution >= 0.6 is 0 Å². The van der Waals surface area contributed by atoms with E-state index in [0.717, 1.165) is 0 Å². The molecule has 6 aliphatic heterocycles. The summed E-state index contributed by atoms with van der Waals surface area (Å²) in [4.78, 5) is 22.2. The van der Waals surface area contributed by atoms with Crippen molar-refractivity contribution in [3.05, 3.63) is 34.4 Å². The number of hydrogen-bond donors (Lipinski definition) is 1. The molecule has 6 heterocycles. The fourth-order valence-corrected chi connectivity index (χ4v) is 6.58. The van der Waals surface area contributed by atoms with Gasteiger partial charge in [-0.3, -0.25) is 10.1 Å². The summed E-state index contributed by atoms with van der Waals surface area (Å²) in [5.41, 5.74) is -0.116. The van der Waals surface area contributed by atoms with Gasteiger partial charge in [-0.15, -0.1) is 0 Å². The summed E-state index contributed by atoms with van der Waals surface area (Å²) in [7, 11) is 0. The Hall–Kier alpha value is -2.55. The number of non-ortho nitro benzene ring substituents is 1. The maximum absolute atomic E-state index is 12.1. The fraction of sp³-hybridized carbons (Fsp3) is 0.774. The second-order valence-corrected chi connectivity index (χ2v) is 14.0. The average molecular weight is 686 g/mol. The van der Waals surface area contributed by atoms with Crippen molar-refractivity contribution < 1.29 is 71.7 Å². The third-order valence-electron chi connectivity index (χ3n) is 8.30. The number of rotatable bonds is 5. The number of carbonyl (C=O) groups excluding carboxylic acids is 1. The molecule has 1 N–H and O–H groups in total. The summed E-state index contributed by atoms with van der Waals surface area (Å²) < 4.78 is 68.7. The highest BCUT2D eigenvalue weighted by Gasteiger charge is 2.62. The van der Waals surface area contributed by atoms with Crippen molar-refractivity contribution in [1.29, 1.82) is 0 Å². The Morgan fingerprint density at radius 3 is 1.58 bits per heavy atom. The van der Waals surface area contributed by atoms with Crippen molar-refractivity contribution in [1.82, 2.24) is 0 Å². The maximum atomic E-state index is 12.1. The topological polar surface area (TPSA) is 191 Å². The third-order valence-corrected chi connectivity index (χ3v) is 8.30. The van der Waals surface area contributed by atoms with Gasteiger partial charge in [-0.25, -0.2) is 4.79 Å². The van der Waals surface area contributed by atoms with Crippen LogP contribution in [-0.4, -0.2) is 114 Å². The SMILES string of the molecule is CC1(C)O[C@H]2[C@@H](O1)[C@@H](CO)O[C@@H]1OC(C)(C)O[C@@H]12.CC1(C)O[C@H]2[C@@H](O1)[C@@H](COC(=O)Oc1ccc([N+](=O)[O-])cc1)O[C@@H]1OC(C)(C)O[C@@H]12. The molecule has 7 rings (SSSR count). The van der Waals surface area contributed by atoms with E-state index in [1.807, 2.05) is 27.7 Å². The van der Waals surface area contributed by atoms with Crippen LogP contribution in [0.15, 0.2) is 24.3 Å². The minimum absolute atomic E-state index is 0.115. The van der Waals surface area contributed by atoms with E-state index in [-0.39, 0.29) is 43.0 Å². The van der Waals surface area contributed by atoms with Crippen LogP contribution in [0.5, 0.6) is 5.75 Å². The van der Waals surface area contributed by atoms with Crippen molar-refractivity contribution in [3.8, 4) is 5.75 Å². The number of nitro groups is 1. The van der Waals surface area contributed by atoms with Crippen molar-refractivity contribution >= 4 is 11.8 Å². The average Bonchev–Trinajstić information content (AvgIpc) is 3.68. The minimum Gasteiger partial charge on any atom is -0.431 e. The number of aliphatic hydroxyl groups is 1. The summed E-state index contributed by atoms with van der Waals surface area (Å²) in [6.45, 7) is 14.2. The molecule has 0 amide bonds. The highest BCUT2D eigenvalue weighted by Crippen LogP contribution is 2.45. The molecule has 6 saturated heterocycles. The lowest BCUT2D eigenvalue weighted by Crippen LogP contribution is -2.56. The monoisotopic (exact) mass is 685 g/mol. The molecular formula is C31H43NO16. The summed E-state index contributed by atoms with van der Waals surface area (Å²) >= 11 is 0. The molecular weight excluding hydrogens is 642 g/mol. The number of nitrogens with zero attached hydrogens (tertiary/aromatic N) is 1. The van der Waals surface area contributed by atoms with Gasteiger partial charge >= 0.3 is 6.16 Å². The van der Waals surface area contributed by atoms with Gasteiger partial charge in [0.2, 0.25) is 0 Å². The van der Waals surface area contributed by atoms with Gasteiger partial charge in [0.05, 0.1) is 11.5 Å². The molecule has 1 aromatic rings. The lowest BCUT2D eigenvalue weighted by molar-refractivity contribution is -0.384. The third kappa shape index (κ3) is 7.46. The molecule has 17 heteroatoms. The summed E-state index contributed by atoms with van der Waals surface area (Å²) in [5, 5.41) is 20.1. The van der Waals surface area contributed by atoms with E-state index in [1.54, 1.807) is 27.7 Å². The van der Waals surface area contributed by atoms with Gasteiger partial charge in [-0.1, -0.05) is 0 Å². The predicted molar refractivity (Wildman–Crippen MR) is 157 cm³/mol. The Kier molecular flexibility index (Phi) is 9.30. The van der Waals surface area contributed by atoms with Crippen LogP contribution in [0.4, 0.5) is 10.5 Å². The maximum Gasteiger partial charge on any atom is 0.513 e. The fourth-order valence-electron chi connectivity index (χ4n) is 6.58. The molecule has 6 fully saturated rings.